The van der Waals surface area contributed by atoms with E-state index in [1.165, 1.54) is 218 Å². The lowest BCUT2D eigenvalue weighted by Crippen LogP contribution is -2.30. The second-order valence-corrected chi connectivity index (χ2v) is 19.9. The molecule has 0 N–H and O–H groups in total. The van der Waals surface area contributed by atoms with Gasteiger partial charge < -0.3 is 14.2 Å². The highest BCUT2D eigenvalue weighted by Gasteiger charge is 2.19. The van der Waals surface area contributed by atoms with Crippen LogP contribution in [-0.2, 0) is 28.6 Å². The van der Waals surface area contributed by atoms with Gasteiger partial charge in [0.1, 0.15) is 13.2 Å². The third-order valence-corrected chi connectivity index (χ3v) is 13.2. The van der Waals surface area contributed by atoms with Gasteiger partial charge in [-0.15, -0.1) is 0 Å². The number of hydrogen-bond acceptors (Lipinski definition) is 6. The van der Waals surface area contributed by atoms with Crippen molar-refractivity contribution < 1.29 is 28.6 Å². The zero-order chi connectivity index (χ0) is 47.9. The van der Waals surface area contributed by atoms with Crippen molar-refractivity contribution >= 4 is 17.9 Å². The molecule has 388 valence electrons. The molecule has 0 aromatic carbocycles. The van der Waals surface area contributed by atoms with Gasteiger partial charge in [0.15, 0.2) is 6.10 Å². The molecule has 0 spiro atoms. The summed E-state index contributed by atoms with van der Waals surface area (Å²) in [4.78, 5) is 37.8. The number of rotatable bonds is 54. The number of hydrogen-bond donors (Lipinski definition) is 0. The van der Waals surface area contributed by atoms with Crippen LogP contribution in [0.4, 0.5) is 0 Å². The van der Waals surface area contributed by atoms with Crippen molar-refractivity contribution in [3.8, 4) is 0 Å². The molecule has 6 nitrogen and oxygen atoms in total. The number of esters is 3. The SMILES string of the molecule is CCCCCCC/C=C\C/C=C\CCCCCCCCCCCCCCCCCCCC(=O)OCC(COC(=O)CCCCCCCC)OC(=O)CCCCCCCCCCCCCCC. The van der Waals surface area contributed by atoms with Crippen LogP contribution in [0.25, 0.3) is 0 Å². The van der Waals surface area contributed by atoms with Crippen LogP contribution in [0.3, 0.4) is 0 Å². The molecule has 0 radical (unpaired) electrons. The van der Waals surface area contributed by atoms with Crippen molar-refractivity contribution in [3.63, 3.8) is 0 Å². The predicted octanol–water partition coefficient (Wildman–Crippen LogP) is 19.5. The van der Waals surface area contributed by atoms with Crippen LogP contribution in [0.5, 0.6) is 0 Å². The monoisotopic (exact) mass is 929 g/mol. The maximum Gasteiger partial charge on any atom is 0.306 e. The van der Waals surface area contributed by atoms with E-state index in [9.17, 15) is 14.4 Å². The first-order chi connectivity index (χ1) is 32.5. The minimum Gasteiger partial charge on any atom is -0.462 e. The molecule has 0 saturated carbocycles. The molecule has 66 heavy (non-hydrogen) atoms. The molecule has 0 saturated heterocycles. The van der Waals surface area contributed by atoms with Crippen LogP contribution in [0, 0.1) is 0 Å². The van der Waals surface area contributed by atoms with E-state index in [-0.39, 0.29) is 31.1 Å². The zero-order valence-corrected chi connectivity index (χ0v) is 44.5. The molecule has 0 fully saturated rings. The average Bonchev–Trinajstić information content (AvgIpc) is 3.31. The van der Waals surface area contributed by atoms with Gasteiger partial charge in [0.05, 0.1) is 0 Å². The summed E-state index contributed by atoms with van der Waals surface area (Å²) in [7, 11) is 0. The first kappa shape index (κ1) is 63.9. The fraction of sp³-hybridized carbons (Fsp3) is 0.883. The number of allylic oxidation sites excluding steroid dienone is 4. The number of carbonyl (C=O) groups excluding carboxylic acids is 3. The molecule has 0 aliphatic carbocycles. The van der Waals surface area contributed by atoms with Crippen LogP contribution in [-0.4, -0.2) is 37.2 Å². The van der Waals surface area contributed by atoms with Gasteiger partial charge in [-0.05, 0) is 51.4 Å². The summed E-state index contributed by atoms with van der Waals surface area (Å²) < 4.78 is 16.7. The van der Waals surface area contributed by atoms with Crippen molar-refractivity contribution in [3.05, 3.63) is 24.3 Å². The van der Waals surface area contributed by atoms with Crippen molar-refractivity contribution in [2.45, 2.75) is 329 Å². The van der Waals surface area contributed by atoms with Crippen LogP contribution in [0.2, 0.25) is 0 Å². The Hall–Kier alpha value is -2.11. The van der Waals surface area contributed by atoms with Gasteiger partial charge in [-0.3, -0.25) is 14.4 Å². The molecule has 0 aliphatic heterocycles. The van der Waals surface area contributed by atoms with Crippen LogP contribution in [0.1, 0.15) is 323 Å². The minimum atomic E-state index is -0.762. The van der Waals surface area contributed by atoms with Gasteiger partial charge in [0.2, 0.25) is 0 Å². The smallest absolute Gasteiger partial charge is 0.306 e. The second-order valence-electron chi connectivity index (χ2n) is 19.9. The Morgan fingerprint density at radius 1 is 0.303 bits per heavy atom. The fourth-order valence-corrected chi connectivity index (χ4v) is 8.77. The van der Waals surface area contributed by atoms with Crippen molar-refractivity contribution in [2.75, 3.05) is 13.2 Å². The summed E-state index contributed by atoms with van der Waals surface area (Å²) in [5, 5.41) is 0. The van der Waals surface area contributed by atoms with E-state index in [0.717, 1.165) is 64.2 Å². The Morgan fingerprint density at radius 3 is 0.833 bits per heavy atom. The quantitative estimate of drug-likeness (QED) is 0.0262. The molecule has 0 aromatic rings. The highest BCUT2D eigenvalue weighted by molar-refractivity contribution is 5.71. The van der Waals surface area contributed by atoms with Crippen LogP contribution >= 0.6 is 0 Å². The molecular weight excluding hydrogens is 817 g/mol. The number of carbonyl (C=O) groups is 3. The fourth-order valence-electron chi connectivity index (χ4n) is 8.77. The molecule has 0 bridgehead atoms. The third kappa shape index (κ3) is 52.9. The lowest BCUT2D eigenvalue weighted by Gasteiger charge is -2.18. The summed E-state index contributed by atoms with van der Waals surface area (Å²) in [6.45, 7) is 6.61. The Bertz CT molecular complexity index is 1070. The standard InChI is InChI=1S/C60H112O6/c1-4-7-10-13-16-18-20-22-23-24-25-26-27-28-29-30-31-32-33-34-35-36-37-39-40-42-44-47-50-53-59(62)65-56-57(55-64-58(61)52-49-46-15-12-9-6-3)66-60(63)54-51-48-45-43-41-38-21-19-17-14-11-8-5-2/h20,22,24-25,57H,4-19,21,23,26-56H2,1-3H3/b22-20-,25-24-. The van der Waals surface area contributed by atoms with Crippen LogP contribution < -0.4 is 0 Å². The molecule has 0 aromatic heterocycles. The minimum absolute atomic E-state index is 0.0657. The first-order valence-corrected chi connectivity index (χ1v) is 29.3. The summed E-state index contributed by atoms with van der Waals surface area (Å²) in [5.74, 6) is -0.858. The Kier molecular flexibility index (Phi) is 53.7. The molecule has 6 heteroatoms. The van der Waals surface area contributed by atoms with Gasteiger partial charge in [-0.2, -0.15) is 0 Å². The maximum atomic E-state index is 12.7. The molecule has 0 amide bonds. The normalized spacial score (nSPS) is 12.1. The largest absolute Gasteiger partial charge is 0.462 e. The van der Waals surface area contributed by atoms with Gasteiger partial charge in [-0.25, -0.2) is 0 Å². The van der Waals surface area contributed by atoms with E-state index in [0.29, 0.717) is 19.3 Å². The lowest BCUT2D eigenvalue weighted by molar-refractivity contribution is -0.167. The van der Waals surface area contributed by atoms with Crippen molar-refractivity contribution in [2.24, 2.45) is 0 Å². The van der Waals surface area contributed by atoms with E-state index in [1.807, 2.05) is 0 Å². The van der Waals surface area contributed by atoms with Gasteiger partial charge >= 0.3 is 17.9 Å². The average molecular weight is 930 g/mol. The Labute approximate surface area is 411 Å². The van der Waals surface area contributed by atoms with E-state index >= 15 is 0 Å². The van der Waals surface area contributed by atoms with E-state index < -0.39 is 6.10 Å². The Morgan fingerprint density at radius 2 is 0.545 bits per heavy atom. The predicted molar refractivity (Wildman–Crippen MR) is 284 cm³/mol. The van der Waals surface area contributed by atoms with E-state index in [2.05, 4.69) is 45.1 Å². The summed E-state index contributed by atoms with van der Waals surface area (Å²) in [5.41, 5.74) is 0. The van der Waals surface area contributed by atoms with Gasteiger partial charge in [0, 0.05) is 19.3 Å². The summed E-state index contributed by atoms with van der Waals surface area (Å²) in [6, 6.07) is 0. The second kappa shape index (κ2) is 55.5. The number of ether oxygens (including phenoxy) is 3. The zero-order valence-electron chi connectivity index (χ0n) is 44.5. The lowest BCUT2D eigenvalue weighted by atomic mass is 10.0. The molecule has 1 unspecified atom stereocenters. The van der Waals surface area contributed by atoms with Crippen molar-refractivity contribution in [1.29, 1.82) is 0 Å². The van der Waals surface area contributed by atoms with Gasteiger partial charge in [-0.1, -0.05) is 276 Å². The molecular formula is C60H112O6. The highest BCUT2D eigenvalue weighted by atomic mass is 16.6. The van der Waals surface area contributed by atoms with E-state index in [4.69, 9.17) is 14.2 Å². The highest BCUT2D eigenvalue weighted by Crippen LogP contribution is 2.17. The van der Waals surface area contributed by atoms with Crippen LogP contribution in [0.15, 0.2) is 24.3 Å². The van der Waals surface area contributed by atoms with E-state index in [1.54, 1.807) is 0 Å². The summed E-state index contributed by atoms with van der Waals surface area (Å²) >= 11 is 0. The molecule has 0 rings (SSSR count). The maximum absolute atomic E-state index is 12.7. The molecule has 0 heterocycles. The first-order valence-electron chi connectivity index (χ1n) is 29.3. The Balaban J connectivity index is 3.96. The topological polar surface area (TPSA) is 78.9 Å². The third-order valence-electron chi connectivity index (χ3n) is 13.2. The summed E-state index contributed by atoms with van der Waals surface area (Å²) in [6.07, 6.45) is 65.0. The van der Waals surface area contributed by atoms with Crippen molar-refractivity contribution in [1.82, 2.24) is 0 Å². The molecule has 0 aliphatic rings. The number of unbranched alkanes of at least 4 members (excludes halogenated alkanes) is 39. The van der Waals surface area contributed by atoms with Gasteiger partial charge in [0.25, 0.3) is 0 Å². The molecule has 1 atom stereocenters.